The molecule has 64 valence electrons. The van der Waals surface area contributed by atoms with Gasteiger partial charge in [-0.05, 0) is 31.3 Å². The first kappa shape index (κ1) is 10.8. The van der Waals surface area contributed by atoms with E-state index >= 15 is 0 Å². The van der Waals surface area contributed by atoms with Crippen LogP contribution in [0.25, 0.3) is 0 Å². The molecule has 0 saturated carbocycles. The highest BCUT2D eigenvalue weighted by molar-refractivity contribution is 9.11. The topological polar surface area (TPSA) is 17.1 Å². The zero-order chi connectivity index (χ0) is 9.07. The van der Waals surface area contributed by atoms with Crippen LogP contribution < -0.4 is 0 Å². The molecule has 0 rings (SSSR count). The summed E-state index contributed by atoms with van der Waals surface area (Å²) >= 11 is 3.10. The van der Waals surface area contributed by atoms with Crippen molar-refractivity contribution in [3.8, 4) is 0 Å². The van der Waals surface area contributed by atoms with Crippen molar-refractivity contribution >= 4 is 21.7 Å². The molecule has 11 heavy (non-hydrogen) atoms. The second-order valence-corrected chi connectivity index (χ2v) is 4.34. The van der Waals surface area contributed by atoms with E-state index in [1.165, 1.54) is 19.9 Å². The monoisotopic (exact) mass is 222 g/mol. The van der Waals surface area contributed by atoms with Crippen LogP contribution in [-0.2, 0) is 4.79 Å². The molecular formula is C8H12BrFO. The van der Waals surface area contributed by atoms with Gasteiger partial charge in [0.15, 0.2) is 5.78 Å². The number of carbonyl (C=O) groups is 1. The van der Waals surface area contributed by atoms with E-state index in [0.717, 1.165) is 4.48 Å². The third-order valence-corrected chi connectivity index (χ3v) is 1.18. The van der Waals surface area contributed by atoms with Crippen LogP contribution in [0.1, 0.15) is 27.2 Å². The molecule has 0 radical (unpaired) electrons. The van der Waals surface area contributed by atoms with E-state index in [1.807, 2.05) is 0 Å². The molecule has 0 aliphatic carbocycles. The van der Waals surface area contributed by atoms with Gasteiger partial charge in [-0.15, -0.1) is 0 Å². The Morgan fingerprint density at radius 2 is 2.09 bits per heavy atom. The molecule has 0 aliphatic heterocycles. The van der Waals surface area contributed by atoms with E-state index in [9.17, 15) is 9.18 Å². The largest absolute Gasteiger partial charge is 0.295 e. The first-order valence-corrected chi connectivity index (χ1v) is 4.16. The number of ketones is 1. The summed E-state index contributed by atoms with van der Waals surface area (Å²) in [7, 11) is 0. The Labute approximate surface area is 74.8 Å². The van der Waals surface area contributed by atoms with Crippen molar-refractivity contribution < 1.29 is 9.18 Å². The molecule has 0 aromatic heterocycles. The lowest BCUT2D eigenvalue weighted by Crippen LogP contribution is -2.16. The SMILES string of the molecule is C/C(Br)=C/C(=O)CC(C)(C)F. The Kier molecular flexibility index (Phi) is 3.93. The lowest BCUT2D eigenvalue weighted by molar-refractivity contribution is -0.116. The number of carbonyl (C=O) groups excluding carboxylic acids is 1. The molecule has 0 bridgehead atoms. The molecule has 0 heterocycles. The van der Waals surface area contributed by atoms with Crippen LogP contribution in [0.4, 0.5) is 4.39 Å². The molecule has 0 N–H and O–H groups in total. The van der Waals surface area contributed by atoms with E-state index in [0.29, 0.717) is 0 Å². The van der Waals surface area contributed by atoms with Gasteiger partial charge in [0, 0.05) is 6.42 Å². The van der Waals surface area contributed by atoms with Crippen LogP contribution in [0.5, 0.6) is 0 Å². The number of halogens is 2. The van der Waals surface area contributed by atoms with E-state index in [-0.39, 0.29) is 12.2 Å². The average Bonchev–Trinajstić information content (AvgIpc) is 1.53. The number of rotatable bonds is 3. The van der Waals surface area contributed by atoms with Gasteiger partial charge in [0.1, 0.15) is 5.67 Å². The molecule has 1 nitrogen and oxygen atoms in total. The van der Waals surface area contributed by atoms with E-state index in [1.54, 1.807) is 6.92 Å². The normalized spacial score (nSPS) is 13.4. The van der Waals surface area contributed by atoms with Crippen molar-refractivity contribution in [3.63, 3.8) is 0 Å². The maximum Gasteiger partial charge on any atom is 0.159 e. The molecule has 0 amide bonds. The minimum atomic E-state index is -1.41. The predicted octanol–water partition coefficient (Wildman–Crippen LogP) is 2.99. The molecule has 0 saturated heterocycles. The Morgan fingerprint density at radius 1 is 1.64 bits per heavy atom. The maximum absolute atomic E-state index is 12.8. The highest BCUT2D eigenvalue weighted by Gasteiger charge is 2.18. The summed E-state index contributed by atoms with van der Waals surface area (Å²) in [5.74, 6) is -0.188. The summed E-state index contributed by atoms with van der Waals surface area (Å²) in [6.07, 6.45) is 1.33. The first-order chi connectivity index (χ1) is 4.81. The zero-order valence-electron chi connectivity index (χ0n) is 6.95. The second-order valence-electron chi connectivity index (χ2n) is 3.09. The standard InChI is InChI=1S/C8H12BrFO/c1-6(9)4-7(11)5-8(2,3)10/h4H,5H2,1-3H3/b6-4-. The molecule has 0 unspecified atom stereocenters. The summed E-state index contributed by atoms with van der Waals surface area (Å²) in [5, 5.41) is 0. The van der Waals surface area contributed by atoms with Crippen LogP contribution >= 0.6 is 15.9 Å². The summed E-state index contributed by atoms with van der Waals surface area (Å²) in [5.41, 5.74) is -1.41. The summed E-state index contributed by atoms with van der Waals surface area (Å²) in [6, 6.07) is 0. The fourth-order valence-corrected chi connectivity index (χ4v) is 0.943. The summed E-state index contributed by atoms with van der Waals surface area (Å²) in [6.45, 7) is 4.52. The molecule has 3 heteroatoms. The summed E-state index contributed by atoms with van der Waals surface area (Å²) < 4.78 is 13.6. The van der Waals surface area contributed by atoms with Gasteiger partial charge in [-0.1, -0.05) is 15.9 Å². The van der Waals surface area contributed by atoms with Crippen LogP contribution in [0.15, 0.2) is 10.6 Å². The van der Waals surface area contributed by atoms with Crippen molar-refractivity contribution in [3.05, 3.63) is 10.6 Å². The Morgan fingerprint density at radius 3 is 2.36 bits per heavy atom. The Bertz CT molecular complexity index is 175. The van der Waals surface area contributed by atoms with E-state index in [4.69, 9.17) is 0 Å². The predicted molar refractivity (Wildman–Crippen MR) is 47.5 cm³/mol. The summed E-state index contributed by atoms with van der Waals surface area (Å²) in [4.78, 5) is 10.9. The Hall–Kier alpha value is -0.180. The Balaban J connectivity index is 4.00. The number of hydrogen-bond acceptors (Lipinski definition) is 1. The minimum absolute atomic E-state index is 0.0596. The molecule has 0 aliphatic rings. The van der Waals surface area contributed by atoms with Gasteiger partial charge in [-0.2, -0.15) is 0 Å². The van der Waals surface area contributed by atoms with Crippen LogP contribution in [-0.4, -0.2) is 11.5 Å². The van der Waals surface area contributed by atoms with E-state index in [2.05, 4.69) is 15.9 Å². The molecular weight excluding hydrogens is 211 g/mol. The second kappa shape index (κ2) is 4.00. The molecule has 0 aromatic rings. The quantitative estimate of drug-likeness (QED) is 0.672. The molecule has 0 spiro atoms. The maximum atomic E-state index is 12.8. The molecule has 0 fully saturated rings. The highest BCUT2D eigenvalue weighted by atomic mass is 79.9. The van der Waals surface area contributed by atoms with Crippen molar-refractivity contribution in [2.45, 2.75) is 32.9 Å². The lowest BCUT2D eigenvalue weighted by Gasteiger charge is -2.10. The van der Waals surface area contributed by atoms with Gasteiger partial charge >= 0.3 is 0 Å². The molecule has 0 atom stereocenters. The number of allylic oxidation sites excluding steroid dienone is 2. The van der Waals surface area contributed by atoms with Crippen LogP contribution in [0.3, 0.4) is 0 Å². The third-order valence-electron chi connectivity index (χ3n) is 0.954. The van der Waals surface area contributed by atoms with Gasteiger partial charge in [-0.3, -0.25) is 4.79 Å². The van der Waals surface area contributed by atoms with Crippen molar-refractivity contribution in [1.29, 1.82) is 0 Å². The van der Waals surface area contributed by atoms with Gasteiger partial charge in [0.25, 0.3) is 0 Å². The van der Waals surface area contributed by atoms with Gasteiger partial charge in [0.2, 0.25) is 0 Å². The number of alkyl halides is 1. The minimum Gasteiger partial charge on any atom is -0.295 e. The van der Waals surface area contributed by atoms with Crippen LogP contribution in [0, 0.1) is 0 Å². The molecule has 0 aromatic carbocycles. The average molecular weight is 223 g/mol. The zero-order valence-corrected chi connectivity index (χ0v) is 8.53. The fraction of sp³-hybridized carbons (Fsp3) is 0.625. The number of hydrogen-bond donors (Lipinski definition) is 0. The third kappa shape index (κ3) is 7.72. The smallest absolute Gasteiger partial charge is 0.159 e. The fourth-order valence-electron chi connectivity index (χ4n) is 0.687. The van der Waals surface area contributed by atoms with E-state index < -0.39 is 5.67 Å². The van der Waals surface area contributed by atoms with Gasteiger partial charge < -0.3 is 0 Å². The van der Waals surface area contributed by atoms with Gasteiger partial charge in [0.05, 0.1) is 0 Å². The first-order valence-electron chi connectivity index (χ1n) is 3.37. The van der Waals surface area contributed by atoms with Gasteiger partial charge in [-0.25, -0.2) is 4.39 Å². The van der Waals surface area contributed by atoms with Crippen LogP contribution in [0.2, 0.25) is 0 Å². The van der Waals surface area contributed by atoms with Crippen molar-refractivity contribution in [2.75, 3.05) is 0 Å². The van der Waals surface area contributed by atoms with Crippen molar-refractivity contribution in [1.82, 2.24) is 0 Å². The highest BCUT2D eigenvalue weighted by Crippen LogP contribution is 2.15. The lowest BCUT2D eigenvalue weighted by atomic mass is 10.0. The van der Waals surface area contributed by atoms with Crippen molar-refractivity contribution in [2.24, 2.45) is 0 Å².